The zero-order chi connectivity index (χ0) is 11.4. The Labute approximate surface area is 93.1 Å². The summed E-state index contributed by atoms with van der Waals surface area (Å²) in [4.78, 5) is 3.94. The highest BCUT2D eigenvalue weighted by Crippen LogP contribution is 2.21. The molecule has 0 saturated heterocycles. The summed E-state index contributed by atoms with van der Waals surface area (Å²) in [5.74, 6) is 0.733. The van der Waals surface area contributed by atoms with E-state index in [2.05, 4.69) is 15.2 Å². The normalized spacial score (nSPS) is 10.6. The number of methoxy groups -OCH3 is 1. The van der Waals surface area contributed by atoms with Gasteiger partial charge in [0, 0.05) is 25.4 Å². The molecule has 2 N–H and O–H groups in total. The van der Waals surface area contributed by atoms with Gasteiger partial charge in [-0.25, -0.2) is 0 Å². The third-order valence-electron chi connectivity index (χ3n) is 2.24. The highest BCUT2D eigenvalue weighted by Gasteiger charge is 2.09. The predicted molar refractivity (Wildman–Crippen MR) is 59.5 cm³/mol. The molecule has 2 rings (SSSR count). The van der Waals surface area contributed by atoms with Crippen LogP contribution in [-0.2, 0) is 11.3 Å². The van der Waals surface area contributed by atoms with Gasteiger partial charge in [0.25, 0.3) is 0 Å². The van der Waals surface area contributed by atoms with E-state index in [1.165, 1.54) is 0 Å². The van der Waals surface area contributed by atoms with Gasteiger partial charge < -0.3 is 15.0 Å². The van der Waals surface area contributed by atoms with Crippen molar-refractivity contribution in [1.82, 2.24) is 19.7 Å². The first-order valence-electron chi connectivity index (χ1n) is 4.89. The van der Waals surface area contributed by atoms with Crippen molar-refractivity contribution < 1.29 is 4.74 Å². The summed E-state index contributed by atoms with van der Waals surface area (Å²) in [7, 11) is 1.66. The molecule has 0 amide bonds. The Morgan fingerprint density at radius 3 is 3.12 bits per heavy atom. The summed E-state index contributed by atoms with van der Waals surface area (Å²) in [6.07, 6.45) is 4.94. The smallest absolute Gasteiger partial charge is 0.166 e. The lowest BCUT2D eigenvalue weighted by atomic mass is 10.2. The van der Waals surface area contributed by atoms with Crippen molar-refractivity contribution >= 4 is 5.69 Å². The largest absolute Gasteiger partial charge is 0.397 e. The van der Waals surface area contributed by atoms with E-state index in [1.54, 1.807) is 25.8 Å². The van der Waals surface area contributed by atoms with Crippen LogP contribution in [0.3, 0.4) is 0 Å². The van der Waals surface area contributed by atoms with Crippen molar-refractivity contribution in [2.45, 2.75) is 6.54 Å². The molecule has 0 spiro atoms. The number of aromatic nitrogens is 4. The molecule has 16 heavy (non-hydrogen) atoms. The van der Waals surface area contributed by atoms with Gasteiger partial charge in [0.15, 0.2) is 5.82 Å². The highest BCUT2D eigenvalue weighted by atomic mass is 16.5. The molecule has 0 atom stereocenters. The molecule has 2 aromatic rings. The number of rotatable bonds is 4. The first kappa shape index (κ1) is 10.6. The molecule has 0 bridgehead atoms. The maximum absolute atomic E-state index is 5.83. The van der Waals surface area contributed by atoms with Crippen LogP contribution in [0.1, 0.15) is 0 Å². The summed E-state index contributed by atoms with van der Waals surface area (Å²) >= 11 is 0. The molecule has 6 nitrogen and oxygen atoms in total. The number of nitrogens with two attached hydrogens (primary N) is 1. The number of nitrogens with zero attached hydrogens (tertiary/aromatic N) is 4. The monoisotopic (exact) mass is 219 g/mol. The van der Waals surface area contributed by atoms with E-state index in [1.807, 2.05) is 10.6 Å². The Bertz CT molecular complexity index is 468. The summed E-state index contributed by atoms with van der Waals surface area (Å²) in [5, 5.41) is 7.92. The Morgan fingerprint density at radius 1 is 1.50 bits per heavy atom. The second kappa shape index (κ2) is 4.71. The van der Waals surface area contributed by atoms with Crippen molar-refractivity contribution in [3.8, 4) is 11.4 Å². The topological polar surface area (TPSA) is 78.8 Å². The van der Waals surface area contributed by atoms with Crippen molar-refractivity contribution in [1.29, 1.82) is 0 Å². The van der Waals surface area contributed by atoms with Crippen molar-refractivity contribution in [2.24, 2.45) is 0 Å². The quantitative estimate of drug-likeness (QED) is 0.813. The fraction of sp³-hybridized carbons (Fsp3) is 0.300. The van der Waals surface area contributed by atoms with Gasteiger partial charge in [-0.05, 0) is 6.07 Å². The van der Waals surface area contributed by atoms with Gasteiger partial charge in [0.1, 0.15) is 6.33 Å². The maximum Gasteiger partial charge on any atom is 0.166 e. The van der Waals surface area contributed by atoms with Crippen molar-refractivity contribution in [3.63, 3.8) is 0 Å². The van der Waals surface area contributed by atoms with Gasteiger partial charge in [-0.3, -0.25) is 4.98 Å². The van der Waals surface area contributed by atoms with Crippen molar-refractivity contribution in [3.05, 3.63) is 24.8 Å². The molecule has 0 radical (unpaired) electrons. The zero-order valence-electron chi connectivity index (χ0n) is 9.00. The molecule has 6 heteroatoms. The molecule has 0 unspecified atom stereocenters. The van der Waals surface area contributed by atoms with Gasteiger partial charge in [-0.1, -0.05) is 0 Å². The number of pyridine rings is 1. The van der Waals surface area contributed by atoms with E-state index in [0.29, 0.717) is 18.8 Å². The number of anilines is 1. The van der Waals surface area contributed by atoms with E-state index >= 15 is 0 Å². The Hall–Kier alpha value is -1.95. The molecular weight excluding hydrogens is 206 g/mol. The SMILES string of the molecule is COCCn1cnnc1-c1ccncc1N. The first-order chi connectivity index (χ1) is 7.83. The molecule has 0 fully saturated rings. The van der Waals surface area contributed by atoms with Gasteiger partial charge in [-0.2, -0.15) is 0 Å². The summed E-state index contributed by atoms with van der Waals surface area (Å²) in [6, 6.07) is 1.82. The lowest BCUT2D eigenvalue weighted by molar-refractivity contribution is 0.187. The van der Waals surface area contributed by atoms with Gasteiger partial charge in [-0.15, -0.1) is 10.2 Å². The fourth-order valence-electron chi connectivity index (χ4n) is 1.43. The van der Waals surface area contributed by atoms with E-state index in [-0.39, 0.29) is 0 Å². The van der Waals surface area contributed by atoms with Crippen LogP contribution in [0.25, 0.3) is 11.4 Å². The van der Waals surface area contributed by atoms with Crippen LogP contribution in [-0.4, -0.2) is 33.5 Å². The highest BCUT2D eigenvalue weighted by molar-refractivity contribution is 5.70. The molecule has 0 aliphatic rings. The molecule has 0 saturated carbocycles. The fourth-order valence-corrected chi connectivity index (χ4v) is 1.43. The summed E-state index contributed by atoms with van der Waals surface area (Å²) in [6.45, 7) is 1.30. The van der Waals surface area contributed by atoms with Crippen LogP contribution in [0.2, 0.25) is 0 Å². The minimum Gasteiger partial charge on any atom is -0.397 e. The molecule has 84 valence electrons. The van der Waals surface area contributed by atoms with Gasteiger partial charge >= 0.3 is 0 Å². The zero-order valence-corrected chi connectivity index (χ0v) is 9.00. The maximum atomic E-state index is 5.83. The number of ether oxygens (including phenoxy) is 1. The van der Waals surface area contributed by atoms with Gasteiger partial charge in [0.05, 0.1) is 18.5 Å². The molecule has 0 aliphatic heterocycles. The van der Waals surface area contributed by atoms with E-state index in [0.717, 1.165) is 11.4 Å². The van der Waals surface area contributed by atoms with E-state index in [4.69, 9.17) is 10.5 Å². The average Bonchev–Trinajstić information content (AvgIpc) is 2.75. The number of nitrogen functional groups attached to an aromatic ring is 1. The summed E-state index contributed by atoms with van der Waals surface area (Å²) in [5.41, 5.74) is 7.26. The third kappa shape index (κ3) is 2.01. The van der Waals surface area contributed by atoms with Crippen LogP contribution < -0.4 is 5.73 Å². The number of hydrogen-bond donors (Lipinski definition) is 1. The van der Waals surface area contributed by atoms with Crippen LogP contribution >= 0.6 is 0 Å². The van der Waals surface area contributed by atoms with E-state index < -0.39 is 0 Å². The second-order valence-electron chi connectivity index (χ2n) is 3.30. The minimum atomic E-state index is 0.592. The standard InChI is InChI=1S/C10H13N5O/c1-16-5-4-15-7-13-14-10(15)8-2-3-12-6-9(8)11/h2-3,6-7H,4-5,11H2,1H3. The third-order valence-corrected chi connectivity index (χ3v) is 2.24. The number of hydrogen-bond acceptors (Lipinski definition) is 5. The average molecular weight is 219 g/mol. The van der Waals surface area contributed by atoms with Crippen LogP contribution in [0, 0.1) is 0 Å². The Balaban J connectivity index is 2.33. The molecule has 2 aromatic heterocycles. The van der Waals surface area contributed by atoms with Crippen LogP contribution in [0.5, 0.6) is 0 Å². The Kier molecular flexibility index (Phi) is 3.11. The summed E-state index contributed by atoms with van der Waals surface area (Å²) < 4.78 is 6.91. The van der Waals surface area contributed by atoms with Crippen molar-refractivity contribution in [2.75, 3.05) is 19.5 Å². The van der Waals surface area contributed by atoms with E-state index in [9.17, 15) is 0 Å². The molecular formula is C10H13N5O. The molecule has 0 aromatic carbocycles. The molecule has 2 heterocycles. The molecule has 0 aliphatic carbocycles. The minimum absolute atomic E-state index is 0.592. The second-order valence-corrected chi connectivity index (χ2v) is 3.30. The lowest BCUT2D eigenvalue weighted by Gasteiger charge is -2.07. The Morgan fingerprint density at radius 2 is 2.38 bits per heavy atom. The van der Waals surface area contributed by atoms with Crippen LogP contribution in [0.15, 0.2) is 24.8 Å². The first-order valence-corrected chi connectivity index (χ1v) is 4.89. The van der Waals surface area contributed by atoms with Gasteiger partial charge in [0.2, 0.25) is 0 Å². The lowest BCUT2D eigenvalue weighted by Crippen LogP contribution is -2.06. The predicted octanol–water partition coefficient (Wildman–Crippen LogP) is 0.569. The van der Waals surface area contributed by atoms with Crippen LogP contribution in [0.4, 0.5) is 5.69 Å².